The summed E-state index contributed by atoms with van der Waals surface area (Å²) in [5.41, 5.74) is 4.06. The van der Waals surface area contributed by atoms with Crippen molar-refractivity contribution in [3.8, 4) is 0 Å². The highest BCUT2D eigenvalue weighted by atomic mass is 32.2. The number of sulfone groups is 1. The average Bonchev–Trinajstić information content (AvgIpc) is 2.24. The smallest absolute Gasteiger partial charge is 0.312 e. The summed E-state index contributed by atoms with van der Waals surface area (Å²) in [7, 11) is -3.25. The van der Waals surface area contributed by atoms with Gasteiger partial charge in [0, 0.05) is 6.54 Å². The van der Waals surface area contributed by atoms with Crippen LogP contribution in [0.3, 0.4) is 0 Å². The zero-order valence-corrected chi connectivity index (χ0v) is 8.17. The fourth-order valence-electron chi connectivity index (χ4n) is 1.64. The van der Waals surface area contributed by atoms with Gasteiger partial charge in [-0.25, -0.2) is 8.42 Å². The van der Waals surface area contributed by atoms with Crippen molar-refractivity contribution < 1.29 is 18.3 Å². The Morgan fingerprint density at radius 1 is 1.69 bits per heavy atom. The van der Waals surface area contributed by atoms with Gasteiger partial charge in [0.2, 0.25) is 0 Å². The molecule has 13 heavy (non-hydrogen) atoms. The summed E-state index contributed by atoms with van der Waals surface area (Å²) in [5.74, 6) is -1.43. The third-order valence-electron chi connectivity index (χ3n) is 2.61. The number of nitrogens with two attached hydrogens (primary N) is 1. The number of hydrogen-bond acceptors (Lipinski definition) is 4. The Labute approximate surface area is 76.8 Å². The van der Waals surface area contributed by atoms with E-state index >= 15 is 0 Å². The fourth-order valence-corrected chi connectivity index (χ4v) is 3.63. The van der Waals surface area contributed by atoms with Crippen molar-refractivity contribution in [3.05, 3.63) is 0 Å². The number of carboxylic acid groups (broad SMARTS) is 1. The Bertz CT molecular complexity index is 323. The fraction of sp³-hybridized carbons (Fsp3) is 0.857. The molecule has 1 fully saturated rings. The Morgan fingerprint density at radius 2 is 2.23 bits per heavy atom. The van der Waals surface area contributed by atoms with Crippen molar-refractivity contribution in [1.82, 2.24) is 0 Å². The molecular weight excluding hydrogens is 194 g/mol. The van der Waals surface area contributed by atoms with E-state index in [1.54, 1.807) is 0 Å². The highest BCUT2D eigenvalue weighted by molar-refractivity contribution is 7.92. The van der Waals surface area contributed by atoms with E-state index in [9.17, 15) is 13.2 Å². The molecule has 1 saturated heterocycles. The minimum absolute atomic E-state index is 0.119. The van der Waals surface area contributed by atoms with Gasteiger partial charge in [-0.05, 0) is 13.3 Å². The van der Waals surface area contributed by atoms with Crippen LogP contribution in [0.2, 0.25) is 0 Å². The average molecular weight is 207 g/mol. The van der Waals surface area contributed by atoms with Gasteiger partial charge in [-0.1, -0.05) is 0 Å². The van der Waals surface area contributed by atoms with Gasteiger partial charge in [0.25, 0.3) is 0 Å². The monoisotopic (exact) mass is 207 g/mol. The molecule has 0 saturated carbocycles. The Balaban J connectivity index is 3.05. The molecule has 0 aromatic carbocycles. The first-order valence-electron chi connectivity index (χ1n) is 3.99. The molecule has 2 unspecified atom stereocenters. The van der Waals surface area contributed by atoms with Gasteiger partial charge in [-0.3, -0.25) is 4.79 Å². The van der Waals surface area contributed by atoms with Gasteiger partial charge >= 0.3 is 5.97 Å². The maximum absolute atomic E-state index is 11.3. The summed E-state index contributed by atoms with van der Waals surface area (Å²) in [4.78, 5) is 10.8. The van der Waals surface area contributed by atoms with Crippen molar-refractivity contribution in [2.24, 2.45) is 11.1 Å². The lowest BCUT2D eigenvalue weighted by Crippen LogP contribution is -2.39. The van der Waals surface area contributed by atoms with Crippen LogP contribution < -0.4 is 5.73 Å². The zero-order valence-electron chi connectivity index (χ0n) is 7.36. The maximum Gasteiger partial charge on any atom is 0.312 e. The molecule has 0 aromatic rings. The second-order valence-corrected chi connectivity index (χ2v) is 6.03. The molecule has 0 bridgehead atoms. The molecule has 0 aliphatic carbocycles. The van der Waals surface area contributed by atoms with Gasteiger partial charge in [0.15, 0.2) is 9.84 Å². The van der Waals surface area contributed by atoms with Crippen molar-refractivity contribution >= 4 is 15.8 Å². The third kappa shape index (κ3) is 1.55. The summed E-state index contributed by atoms with van der Waals surface area (Å²) in [6.45, 7) is 1.40. The van der Waals surface area contributed by atoms with Gasteiger partial charge < -0.3 is 10.8 Å². The first-order valence-corrected chi connectivity index (χ1v) is 5.71. The van der Waals surface area contributed by atoms with E-state index in [4.69, 9.17) is 10.8 Å². The quantitative estimate of drug-likeness (QED) is 0.619. The molecule has 1 aliphatic rings. The summed E-state index contributed by atoms with van der Waals surface area (Å²) in [6, 6.07) is 0. The molecule has 1 aliphatic heterocycles. The Kier molecular flexibility index (Phi) is 2.38. The first kappa shape index (κ1) is 10.5. The van der Waals surface area contributed by atoms with Gasteiger partial charge in [-0.2, -0.15) is 0 Å². The molecule has 5 nitrogen and oxygen atoms in total. The summed E-state index contributed by atoms with van der Waals surface area (Å²) >= 11 is 0. The van der Waals surface area contributed by atoms with Crippen LogP contribution in [-0.2, 0) is 14.6 Å². The highest BCUT2D eigenvalue weighted by Crippen LogP contribution is 2.36. The third-order valence-corrected chi connectivity index (χ3v) is 4.96. The van der Waals surface area contributed by atoms with Crippen LogP contribution in [0.15, 0.2) is 0 Å². The molecule has 1 heterocycles. The lowest BCUT2D eigenvalue weighted by atomic mass is 9.86. The topological polar surface area (TPSA) is 97.5 Å². The van der Waals surface area contributed by atoms with Crippen molar-refractivity contribution in [2.75, 3.05) is 12.3 Å². The molecule has 1 rings (SSSR count). The molecular formula is C7H13NO4S. The first-order chi connectivity index (χ1) is 5.84. The van der Waals surface area contributed by atoms with Crippen LogP contribution in [0.1, 0.15) is 13.3 Å². The van der Waals surface area contributed by atoms with Crippen LogP contribution >= 0.6 is 0 Å². The molecule has 0 aromatic heterocycles. The summed E-state index contributed by atoms with van der Waals surface area (Å²) in [6.07, 6.45) is 0.126. The van der Waals surface area contributed by atoms with Crippen LogP contribution in [0.25, 0.3) is 0 Å². The second kappa shape index (κ2) is 2.95. The SMILES string of the molecule is CC1CC(CN)(C(=O)O)CS1(=O)=O. The predicted octanol–water partition coefficient (Wildman–Crippen LogP) is -0.777. The summed E-state index contributed by atoms with van der Waals surface area (Å²) in [5, 5.41) is 8.28. The van der Waals surface area contributed by atoms with Gasteiger partial charge in [-0.15, -0.1) is 0 Å². The Hall–Kier alpha value is -0.620. The number of hydrogen-bond donors (Lipinski definition) is 2. The van der Waals surface area contributed by atoms with Crippen LogP contribution in [0.5, 0.6) is 0 Å². The van der Waals surface area contributed by atoms with Gasteiger partial charge in [0.05, 0.1) is 16.4 Å². The van der Waals surface area contributed by atoms with Crippen molar-refractivity contribution in [3.63, 3.8) is 0 Å². The van der Waals surface area contributed by atoms with E-state index in [2.05, 4.69) is 0 Å². The predicted molar refractivity (Wildman–Crippen MR) is 47.0 cm³/mol. The largest absolute Gasteiger partial charge is 0.481 e. The summed E-state index contributed by atoms with van der Waals surface area (Å²) < 4.78 is 22.6. The lowest BCUT2D eigenvalue weighted by Gasteiger charge is -2.19. The lowest BCUT2D eigenvalue weighted by molar-refractivity contribution is -0.147. The molecule has 76 valence electrons. The number of carbonyl (C=O) groups is 1. The molecule has 0 spiro atoms. The molecule has 2 atom stereocenters. The maximum atomic E-state index is 11.3. The number of carboxylic acids is 1. The van der Waals surface area contributed by atoms with Gasteiger partial charge in [0.1, 0.15) is 0 Å². The van der Waals surface area contributed by atoms with E-state index in [0.717, 1.165) is 0 Å². The van der Waals surface area contributed by atoms with Crippen molar-refractivity contribution in [1.29, 1.82) is 0 Å². The van der Waals surface area contributed by atoms with Crippen LogP contribution in [0.4, 0.5) is 0 Å². The number of rotatable bonds is 2. The number of aliphatic carboxylic acids is 1. The van der Waals surface area contributed by atoms with Crippen LogP contribution in [-0.4, -0.2) is 37.0 Å². The van der Waals surface area contributed by atoms with Crippen molar-refractivity contribution in [2.45, 2.75) is 18.6 Å². The Morgan fingerprint density at radius 3 is 2.38 bits per heavy atom. The minimum atomic E-state index is -3.25. The van der Waals surface area contributed by atoms with E-state index in [-0.39, 0.29) is 18.7 Å². The van der Waals surface area contributed by atoms with E-state index in [1.807, 2.05) is 0 Å². The molecule has 0 radical (unpaired) electrons. The molecule has 3 N–H and O–H groups in total. The minimum Gasteiger partial charge on any atom is -0.481 e. The molecule has 0 amide bonds. The van der Waals surface area contributed by atoms with E-state index in [0.29, 0.717) is 0 Å². The standard InChI is InChI=1S/C7H13NO4S/c1-5-2-7(3-8,6(9)10)4-13(5,11)12/h5H,2-4,8H2,1H3,(H,9,10). The highest BCUT2D eigenvalue weighted by Gasteiger charge is 2.51. The zero-order chi connectivity index (χ0) is 10.3. The van der Waals surface area contributed by atoms with E-state index < -0.39 is 26.5 Å². The van der Waals surface area contributed by atoms with E-state index in [1.165, 1.54) is 6.92 Å². The molecule has 6 heteroatoms. The normalized spacial score (nSPS) is 37.5. The second-order valence-electron chi connectivity index (χ2n) is 3.61. The van der Waals surface area contributed by atoms with Crippen LogP contribution in [0, 0.1) is 5.41 Å².